The lowest BCUT2D eigenvalue weighted by atomic mass is 9.96. The first-order chi connectivity index (χ1) is 10.1. The highest BCUT2D eigenvalue weighted by Crippen LogP contribution is 2.23. The molecule has 0 aromatic carbocycles. The monoisotopic (exact) mass is 290 g/mol. The molecule has 0 spiro atoms. The Morgan fingerprint density at radius 3 is 2.81 bits per heavy atom. The lowest BCUT2D eigenvalue weighted by molar-refractivity contribution is -0.119. The summed E-state index contributed by atoms with van der Waals surface area (Å²) in [5.41, 5.74) is 1.27. The number of aromatic nitrogens is 1. The van der Waals surface area contributed by atoms with E-state index in [-0.39, 0.29) is 5.91 Å². The molecule has 116 valence electrons. The van der Waals surface area contributed by atoms with Gasteiger partial charge in [-0.25, -0.2) is 4.98 Å². The van der Waals surface area contributed by atoms with Gasteiger partial charge >= 0.3 is 0 Å². The topological polar surface area (TPSA) is 57.3 Å². The van der Waals surface area contributed by atoms with Gasteiger partial charge in [0.1, 0.15) is 5.82 Å². The van der Waals surface area contributed by atoms with Gasteiger partial charge in [0.15, 0.2) is 0 Å². The van der Waals surface area contributed by atoms with Crippen molar-refractivity contribution in [1.29, 1.82) is 0 Å². The SMILES string of the molecule is CNC(C)c1ccnc(N2CCC(CNC(C)=O)CC2)c1. The van der Waals surface area contributed by atoms with E-state index < -0.39 is 0 Å². The molecule has 5 heteroatoms. The Hall–Kier alpha value is -1.62. The largest absolute Gasteiger partial charge is 0.357 e. The average molecular weight is 290 g/mol. The molecular formula is C16H26N4O. The van der Waals surface area contributed by atoms with Crippen LogP contribution in [0.2, 0.25) is 0 Å². The standard InChI is InChI=1S/C16H26N4O/c1-12(17-3)15-4-7-18-16(10-15)20-8-5-14(6-9-20)11-19-13(2)21/h4,7,10,12,14,17H,5-6,8-9,11H2,1-3H3,(H,19,21). The van der Waals surface area contributed by atoms with Gasteiger partial charge in [0.05, 0.1) is 0 Å². The second-order valence-corrected chi connectivity index (χ2v) is 5.83. The average Bonchev–Trinajstić information content (AvgIpc) is 2.52. The summed E-state index contributed by atoms with van der Waals surface area (Å²) < 4.78 is 0. The molecule has 1 fully saturated rings. The third-order valence-electron chi connectivity index (χ3n) is 4.28. The zero-order valence-corrected chi connectivity index (χ0v) is 13.2. The summed E-state index contributed by atoms with van der Waals surface area (Å²) in [5.74, 6) is 1.71. The Labute approximate surface area is 127 Å². The molecule has 1 aromatic heterocycles. The van der Waals surface area contributed by atoms with Crippen molar-refractivity contribution in [3.8, 4) is 0 Å². The molecule has 5 nitrogen and oxygen atoms in total. The molecule has 21 heavy (non-hydrogen) atoms. The van der Waals surface area contributed by atoms with Crippen LogP contribution in [0.25, 0.3) is 0 Å². The van der Waals surface area contributed by atoms with Gasteiger partial charge in [-0.05, 0) is 50.4 Å². The van der Waals surface area contributed by atoms with E-state index in [4.69, 9.17) is 0 Å². The molecule has 1 atom stereocenters. The van der Waals surface area contributed by atoms with Crippen LogP contribution in [0.5, 0.6) is 0 Å². The van der Waals surface area contributed by atoms with E-state index in [2.05, 4.69) is 39.6 Å². The number of piperidine rings is 1. The number of hydrogen-bond donors (Lipinski definition) is 2. The first-order valence-electron chi connectivity index (χ1n) is 7.72. The number of carbonyl (C=O) groups excluding carboxylic acids is 1. The third kappa shape index (κ3) is 4.43. The number of carbonyl (C=O) groups is 1. The van der Waals surface area contributed by atoms with Gasteiger partial charge < -0.3 is 15.5 Å². The van der Waals surface area contributed by atoms with E-state index >= 15 is 0 Å². The highest BCUT2D eigenvalue weighted by atomic mass is 16.1. The molecule has 0 bridgehead atoms. The molecule has 1 aliphatic heterocycles. The number of rotatable bonds is 5. The molecule has 1 aliphatic rings. The Morgan fingerprint density at radius 2 is 2.19 bits per heavy atom. The first-order valence-corrected chi connectivity index (χ1v) is 7.72. The van der Waals surface area contributed by atoms with Gasteiger partial charge in [0.2, 0.25) is 5.91 Å². The van der Waals surface area contributed by atoms with E-state index in [0.29, 0.717) is 12.0 Å². The maximum atomic E-state index is 11.0. The van der Waals surface area contributed by atoms with Crippen molar-refractivity contribution in [2.45, 2.75) is 32.7 Å². The zero-order chi connectivity index (χ0) is 15.2. The molecule has 0 radical (unpaired) electrons. The van der Waals surface area contributed by atoms with Crippen molar-refractivity contribution in [2.24, 2.45) is 5.92 Å². The lowest BCUT2D eigenvalue weighted by Gasteiger charge is -2.33. The highest BCUT2D eigenvalue weighted by molar-refractivity contribution is 5.72. The molecule has 0 aliphatic carbocycles. The van der Waals surface area contributed by atoms with E-state index in [1.165, 1.54) is 5.56 Å². The molecule has 1 unspecified atom stereocenters. The van der Waals surface area contributed by atoms with Crippen molar-refractivity contribution in [3.63, 3.8) is 0 Å². The number of hydrogen-bond acceptors (Lipinski definition) is 4. The van der Waals surface area contributed by atoms with Crippen LogP contribution >= 0.6 is 0 Å². The number of anilines is 1. The van der Waals surface area contributed by atoms with Crippen LogP contribution < -0.4 is 15.5 Å². The molecule has 1 aromatic rings. The van der Waals surface area contributed by atoms with Crippen LogP contribution in [0.1, 0.15) is 38.3 Å². The molecule has 2 heterocycles. The van der Waals surface area contributed by atoms with Gasteiger partial charge in [0, 0.05) is 38.8 Å². The lowest BCUT2D eigenvalue weighted by Crippen LogP contribution is -2.38. The number of nitrogens with one attached hydrogen (secondary N) is 2. The minimum atomic E-state index is 0.0628. The van der Waals surface area contributed by atoms with Crippen LogP contribution in [0.4, 0.5) is 5.82 Å². The van der Waals surface area contributed by atoms with Gasteiger partial charge in [-0.3, -0.25) is 4.79 Å². The summed E-state index contributed by atoms with van der Waals surface area (Å²) in [6.45, 7) is 6.54. The van der Waals surface area contributed by atoms with E-state index in [9.17, 15) is 4.79 Å². The summed E-state index contributed by atoms with van der Waals surface area (Å²) in [6, 6.07) is 4.58. The highest BCUT2D eigenvalue weighted by Gasteiger charge is 2.20. The minimum Gasteiger partial charge on any atom is -0.357 e. The summed E-state index contributed by atoms with van der Waals surface area (Å²) >= 11 is 0. The fourth-order valence-electron chi connectivity index (χ4n) is 2.70. The fourth-order valence-corrected chi connectivity index (χ4v) is 2.70. The molecule has 1 amide bonds. The summed E-state index contributed by atoms with van der Waals surface area (Å²) in [6.07, 6.45) is 4.10. The Kier molecular flexibility index (Phi) is 5.56. The van der Waals surface area contributed by atoms with Gasteiger partial charge in [-0.2, -0.15) is 0 Å². The van der Waals surface area contributed by atoms with Crippen LogP contribution in [-0.4, -0.2) is 37.6 Å². The smallest absolute Gasteiger partial charge is 0.216 e. The van der Waals surface area contributed by atoms with Crippen molar-refractivity contribution in [1.82, 2.24) is 15.6 Å². The Morgan fingerprint density at radius 1 is 1.48 bits per heavy atom. The summed E-state index contributed by atoms with van der Waals surface area (Å²) in [7, 11) is 1.97. The number of pyridine rings is 1. The maximum Gasteiger partial charge on any atom is 0.216 e. The van der Waals surface area contributed by atoms with Crippen LogP contribution in [0.3, 0.4) is 0 Å². The summed E-state index contributed by atoms with van der Waals surface area (Å²) in [4.78, 5) is 17.8. The molecular weight excluding hydrogens is 264 g/mol. The van der Waals surface area contributed by atoms with Gasteiger partial charge in [0.25, 0.3) is 0 Å². The van der Waals surface area contributed by atoms with E-state index in [1.54, 1.807) is 6.92 Å². The normalized spacial score (nSPS) is 17.6. The van der Waals surface area contributed by atoms with Crippen LogP contribution in [0.15, 0.2) is 18.3 Å². The van der Waals surface area contributed by atoms with Crippen molar-refractivity contribution in [3.05, 3.63) is 23.9 Å². The minimum absolute atomic E-state index is 0.0628. The number of nitrogens with zero attached hydrogens (tertiary/aromatic N) is 2. The van der Waals surface area contributed by atoms with Crippen LogP contribution in [-0.2, 0) is 4.79 Å². The van der Waals surface area contributed by atoms with Crippen LogP contribution in [0, 0.1) is 5.92 Å². The molecule has 0 saturated carbocycles. The van der Waals surface area contributed by atoms with Gasteiger partial charge in [-0.15, -0.1) is 0 Å². The predicted molar refractivity (Wildman–Crippen MR) is 85.3 cm³/mol. The number of amides is 1. The maximum absolute atomic E-state index is 11.0. The predicted octanol–water partition coefficient (Wildman–Crippen LogP) is 1.71. The van der Waals surface area contributed by atoms with Crippen molar-refractivity contribution < 1.29 is 4.79 Å². The first kappa shape index (κ1) is 15.8. The second kappa shape index (κ2) is 7.41. The zero-order valence-electron chi connectivity index (χ0n) is 13.2. The fraction of sp³-hybridized carbons (Fsp3) is 0.625. The third-order valence-corrected chi connectivity index (χ3v) is 4.28. The molecule has 2 rings (SSSR count). The second-order valence-electron chi connectivity index (χ2n) is 5.83. The van der Waals surface area contributed by atoms with Crippen molar-refractivity contribution in [2.75, 3.05) is 31.6 Å². The quantitative estimate of drug-likeness (QED) is 0.867. The Balaban J connectivity index is 1.91. The van der Waals surface area contributed by atoms with E-state index in [0.717, 1.165) is 38.3 Å². The van der Waals surface area contributed by atoms with E-state index in [1.807, 2.05) is 13.2 Å². The molecule has 2 N–H and O–H groups in total. The Bertz CT molecular complexity index is 469. The summed E-state index contributed by atoms with van der Waals surface area (Å²) in [5, 5.41) is 6.18. The van der Waals surface area contributed by atoms with Crippen molar-refractivity contribution >= 4 is 11.7 Å². The van der Waals surface area contributed by atoms with Gasteiger partial charge in [-0.1, -0.05) is 0 Å². The molecule has 1 saturated heterocycles.